The molecule has 0 aromatic carbocycles. The lowest BCUT2D eigenvalue weighted by Crippen LogP contribution is -2.54. The van der Waals surface area contributed by atoms with Gasteiger partial charge in [-0.1, -0.05) is 20.8 Å². The van der Waals surface area contributed by atoms with Gasteiger partial charge in [0.1, 0.15) is 0 Å². The van der Waals surface area contributed by atoms with Crippen molar-refractivity contribution in [3.8, 4) is 0 Å². The van der Waals surface area contributed by atoms with Gasteiger partial charge in [0, 0.05) is 61.8 Å². The van der Waals surface area contributed by atoms with Crippen LogP contribution in [0.3, 0.4) is 0 Å². The van der Waals surface area contributed by atoms with Crippen molar-refractivity contribution in [2.45, 2.75) is 77.9 Å². The standard InChI is InChI=1S/C22H38N6OS/c1-16(2)28-10-6-7-17(28)15-23-20-24-18(25-30-20)22(8-9-22)27-13-11-26(12-14-27)19(29)21(3,4)5/h16-17H,6-15H2,1-5H3,(H,23,24,25). The molecule has 8 heteroatoms. The van der Waals surface area contributed by atoms with Crippen molar-refractivity contribution in [1.82, 2.24) is 24.1 Å². The van der Waals surface area contributed by atoms with Crippen LogP contribution in [0.1, 0.15) is 66.1 Å². The molecule has 7 nitrogen and oxygen atoms in total. The first-order chi connectivity index (χ1) is 14.2. The molecule has 2 aliphatic heterocycles. The fourth-order valence-electron chi connectivity index (χ4n) is 5.06. The number of amides is 1. The molecule has 1 aliphatic carbocycles. The highest BCUT2D eigenvalue weighted by Gasteiger charge is 2.53. The summed E-state index contributed by atoms with van der Waals surface area (Å²) in [6.45, 7) is 16.2. The number of hydrogen-bond donors (Lipinski definition) is 1. The summed E-state index contributed by atoms with van der Waals surface area (Å²) in [4.78, 5) is 24.6. The first-order valence-corrected chi connectivity index (χ1v) is 12.4. The van der Waals surface area contributed by atoms with Crippen molar-refractivity contribution in [2.75, 3.05) is 44.6 Å². The van der Waals surface area contributed by atoms with E-state index < -0.39 is 0 Å². The van der Waals surface area contributed by atoms with Crippen molar-refractivity contribution < 1.29 is 4.79 Å². The molecule has 0 radical (unpaired) electrons. The summed E-state index contributed by atoms with van der Waals surface area (Å²) in [5, 5.41) is 4.52. The van der Waals surface area contributed by atoms with E-state index in [4.69, 9.17) is 9.36 Å². The van der Waals surface area contributed by atoms with Gasteiger partial charge >= 0.3 is 0 Å². The van der Waals surface area contributed by atoms with Crippen molar-refractivity contribution in [3.05, 3.63) is 5.82 Å². The second-order valence-corrected chi connectivity index (χ2v) is 11.2. The second kappa shape index (κ2) is 8.36. The van der Waals surface area contributed by atoms with Crippen LogP contribution in [-0.4, -0.2) is 81.3 Å². The molecule has 3 fully saturated rings. The molecule has 0 bridgehead atoms. The van der Waals surface area contributed by atoms with E-state index in [-0.39, 0.29) is 16.9 Å². The number of nitrogens with one attached hydrogen (secondary N) is 1. The number of hydrogen-bond acceptors (Lipinski definition) is 7. The van der Waals surface area contributed by atoms with E-state index in [0.29, 0.717) is 12.1 Å². The molecule has 168 valence electrons. The first-order valence-electron chi connectivity index (χ1n) is 11.6. The molecule has 4 rings (SSSR count). The minimum atomic E-state index is -0.305. The van der Waals surface area contributed by atoms with Gasteiger partial charge in [-0.2, -0.15) is 4.37 Å². The van der Waals surface area contributed by atoms with E-state index in [2.05, 4.69) is 29.0 Å². The zero-order valence-corrected chi connectivity index (χ0v) is 20.1. The smallest absolute Gasteiger partial charge is 0.228 e. The zero-order chi connectivity index (χ0) is 21.5. The number of carbonyl (C=O) groups excluding carboxylic acids is 1. The van der Waals surface area contributed by atoms with Crippen LogP contribution < -0.4 is 5.32 Å². The third-order valence-electron chi connectivity index (χ3n) is 6.95. The van der Waals surface area contributed by atoms with Gasteiger partial charge in [-0.05, 0) is 46.1 Å². The minimum absolute atomic E-state index is 0.00459. The van der Waals surface area contributed by atoms with E-state index in [0.717, 1.165) is 56.5 Å². The summed E-state index contributed by atoms with van der Waals surface area (Å²) < 4.78 is 4.75. The predicted octanol–water partition coefficient (Wildman–Crippen LogP) is 3.00. The lowest BCUT2D eigenvalue weighted by molar-refractivity contribution is -0.141. The molecule has 3 aliphatic rings. The molecular weight excluding hydrogens is 396 g/mol. The molecule has 1 aromatic heterocycles. The lowest BCUT2D eigenvalue weighted by atomic mass is 9.94. The van der Waals surface area contributed by atoms with E-state index in [1.54, 1.807) is 0 Å². The number of likely N-dealkylation sites (tertiary alicyclic amines) is 1. The number of nitrogens with zero attached hydrogens (tertiary/aromatic N) is 5. The SMILES string of the molecule is CC(C)N1CCCC1CNc1nc(C2(N3CCN(C(=O)C(C)(C)C)CC3)CC2)ns1. The number of aromatic nitrogens is 2. The summed E-state index contributed by atoms with van der Waals surface area (Å²) >= 11 is 1.50. The Hall–Kier alpha value is -1.25. The number of carbonyl (C=O) groups is 1. The van der Waals surface area contributed by atoms with Gasteiger partial charge in [-0.15, -0.1) is 0 Å². The van der Waals surface area contributed by atoms with Crippen LogP contribution >= 0.6 is 11.5 Å². The third kappa shape index (κ3) is 4.36. The highest BCUT2D eigenvalue weighted by molar-refractivity contribution is 7.09. The molecule has 3 heterocycles. The van der Waals surface area contributed by atoms with Gasteiger partial charge in [-0.25, -0.2) is 4.98 Å². The minimum Gasteiger partial charge on any atom is -0.359 e. The largest absolute Gasteiger partial charge is 0.359 e. The molecule has 1 N–H and O–H groups in total. The van der Waals surface area contributed by atoms with Crippen LogP contribution in [-0.2, 0) is 10.3 Å². The lowest BCUT2D eigenvalue weighted by Gasteiger charge is -2.40. The van der Waals surface area contributed by atoms with Crippen molar-refractivity contribution in [3.63, 3.8) is 0 Å². The number of anilines is 1. The van der Waals surface area contributed by atoms with Crippen LogP contribution in [0.5, 0.6) is 0 Å². The van der Waals surface area contributed by atoms with Gasteiger partial charge in [0.15, 0.2) is 5.82 Å². The molecule has 1 aromatic rings. The molecular formula is C22H38N6OS. The molecule has 1 amide bonds. The van der Waals surface area contributed by atoms with Crippen LogP contribution in [0.4, 0.5) is 5.13 Å². The Bertz CT molecular complexity index is 745. The fraction of sp³-hybridized carbons (Fsp3) is 0.864. The van der Waals surface area contributed by atoms with Crippen molar-refractivity contribution in [1.29, 1.82) is 0 Å². The topological polar surface area (TPSA) is 64.6 Å². The van der Waals surface area contributed by atoms with Crippen LogP contribution in [0.25, 0.3) is 0 Å². The van der Waals surface area contributed by atoms with E-state index in [1.807, 2.05) is 25.7 Å². The highest BCUT2D eigenvalue weighted by atomic mass is 32.1. The van der Waals surface area contributed by atoms with Crippen molar-refractivity contribution in [2.24, 2.45) is 5.41 Å². The van der Waals surface area contributed by atoms with E-state index >= 15 is 0 Å². The molecule has 1 unspecified atom stereocenters. The number of piperazine rings is 1. The van der Waals surface area contributed by atoms with Gasteiger partial charge in [-0.3, -0.25) is 14.6 Å². The van der Waals surface area contributed by atoms with E-state index in [9.17, 15) is 4.79 Å². The third-order valence-corrected chi connectivity index (χ3v) is 7.63. The van der Waals surface area contributed by atoms with Gasteiger partial charge in [0.2, 0.25) is 11.0 Å². The van der Waals surface area contributed by atoms with Crippen LogP contribution in [0.2, 0.25) is 0 Å². The Balaban J connectivity index is 1.33. The van der Waals surface area contributed by atoms with Crippen molar-refractivity contribution >= 4 is 22.6 Å². The Morgan fingerprint density at radius 3 is 2.50 bits per heavy atom. The highest BCUT2D eigenvalue weighted by Crippen LogP contribution is 2.50. The molecule has 1 saturated carbocycles. The average Bonchev–Trinajstić information content (AvgIpc) is 3.13. The first kappa shape index (κ1) is 22.0. The second-order valence-electron chi connectivity index (χ2n) is 10.5. The Labute approximate surface area is 185 Å². The number of rotatable bonds is 6. The quantitative estimate of drug-likeness (QED) is 0.743. The summed E-state index contributed by atoms with van der Waals surface area (Å²) in [5.74, 6) is 1.24. The van der Waals surface area contributed by atoms with Gasteiger partial charge in [0.25, 0.3) is 0 Å². The summed E-state index contributed by atoms with van der Waals surface area (Å²) in [6.07, 6.45) is 4.80. The maximum atomic E-state index is 12.6. The van der Waals surface area contributed by atoms with Gasteiger partial charge < -0.3 is 10.2 Å². The molecule has 0 spiro atoms. The van der Waals surface area contributed by atoms with Gasteiger partial charge in [0.05, 0.1) is 5.54 Å². The predicted molar refractivity (Wildman–Crippen MR) is 122 cm³/mol. The normalized spacial score (nSPS) is 25.1. The summed E-state index contributed by atoms with van der Waals surface area (Å²) in [7, 11) is 0. The summed E-state index contributed by atoms with van der Waals surface area (Å²) in [6, 6.07) is 1.20. The van der Waals surface area contributed by atoms with Crippen LogP contribution in [0, 0.1) is 5.41 Å². The Kier molecular flexibility index (Phi) is 6.12. The van der Waals surface area contributed by atoms with E-state index in [1.165, 1.54) is 30.9 Å². The molecule has 1 atom stereocenters. The van der Waals surface area contributed by atoms with Crippen LogP contribution in [0.15, 0.2) is 0 Å². The monoisotopic (exact) mass is 434 g/mol. The Morgan fingerprint density at radius 1 is 1.20 bits per heavy atom. The molecule has 30 heavy (non-hydrogen) atoms. The maximum Gasteiger partial charge on any atom is 0.228 e. The maximum absolute atomic E-state index is 12.6. The zero-order valence-electron chi connectivity index (χ0n) is 19.3. The Morgan fingerprint density at radius 2 is 1.90 bits per heavy atom. The summed E-state index contributed by atoms with van der Waals surface area (Å²) in [5.41, 5.74) is -0.300. The fourth-order valence-corrected chi connectivity index (χ4v) is 5.72. The molecule has 2 saturated heterocycles. The average molecular weight is 435 g/mol.